The number of aliphatic hydroxyl groups excluding tert-OH is 1. The second-order valence-corrected chi connectivity index (χ2v) is 13.0. The highest BCUT2D eigenvalue weighted by molar-refractivity contribution is 6.07. The van der Waals surface area contributed by atoms with E-state index in [1.807, 2.05) is 77.1 Å². The summed E-state index contributed by atoms with van der Waals surface area (Å²) in [5, 5.41) is 10.5. The van der Waals surface area contributed by atoms with Crippen LogP contribution in [-0.2, 0) is 19.1 Å². The minimum Gasteiger partial charge on any atom is -0.494 e. The molecule has 1 N–H and O–H groups in total. The third-order valence-electron chi connectivity index (χ3n) is 10.5. The summed E-state index contributed by atoms with van der Waals surface area (Å²) in [6.45, 7) is 18.2. The van der Waals surface area contributed by atoms with Gasteiger partial charge in [0, 0.05) is 24.5 Å². The molecule has 252 valence electrons. The third kappa shape index (κ3) is 5.47. The van der Waals surface area contributed by atoms with E-state index in [1.165, 1.54) is 0 Å². The Morgan fingerprint density at radius 2 is 1.66 bits per heavy atom. The lowest BCUT2D eigenvalue weighted by molar-refractivity contribution is -0.149. The van der Waals surface area contributed by atoms with E-state index in [0.29, 0.717) is 43.7 Å². The summed E-state index contributed by atoms with van der Waals surface area (Å²) in [7, 11) is 0. The van der Waals surface area contributed by atoms with Crippen molar-refractivity contribution in [3.8, 4) is 5.75 Å². The Kier molecular flexibility index (Phi) is 9.99. The monoisotopic (exact) mass is 643 g/mol. The molecule has 3 amide bonds. The lowest BCUT2D eigenvalue weighted by Crippen LogP contribution is -2.59. The number of likely N-dealkylation sites (tertiary alicyclic amines) is 1. The van der Waals surface area contributed by atoms with Gasteiger partial charge in [0.25, 0.3) is 5.91 Å². The number of amides is 3. The fourth-order valence-electron chi connectivity index (χ4n) is 8.43. The van der Waals surface area contributed by atoms with Gasteiger partial charge in [-0.3, -0.25) is 14.4 Å². The van der Waals surface area contributed by atoms with Crippen LogP contribution in [-0.4, -0.2) is 77.3 Å². The number of benzene rings is 2. The summed E-state index contributed by atoms with van der Waals surface area (Å²) in [4.78, 5) is 49.7. The Bertz CT molecular complexity index is 1500. The number of para-hydroxylation sites is 1. The first-order valence-corrected chi connectivity index (χ1v) is 16.9. The number of aliphatic hydroxyl groups is 1. The molecule has 2 unspecified atom stereocenters. The van der Waals surface area contributed by atoms with Gasteiger partial charge >= 0.3 is 0 Å². The summed E-state index contributed by atoms with van der Waals surface area (Å²) in [6.07, 6.45) is 5.28. The maximum atomic E-state index is 15.1. The van der Waals surface area contributed by atoms with Gasteiger partial charge in [0.1, 0.15) is 17.4 Å². The zero-order valence-electron chi connectivity index (χ0n) is 28.4. The minimum absolute atomic E-state index is 0.228. The number of hydrogen-bond donors (Lipinski definition) is 1. The van der Waals surface area contributed by atoms with Crippen molar-refractivity contribution in [2.45, 2.75) is 83.6 Å². The predicted molar refractivity (Wildman–Crippen MR) is 183 cm³/mol. The Morgan fingerprint density at radius 3 is 2.21 bits per heavy atom. The first-order chi connectivity index (χ1) is 22.6. The molecular formula is C38H49N3O6. The molecule has 0 aromatic heterocycles. The van der Waals surface area contributed by atoms with Gasteiger partial charge in [-0.25, -0.2) is 0 Å². The molecule has 5 rings (SSSR count). The molecule has 2 aromatic rings. The minimum atomic E-state index is -1.23. The van der Waals surface area contributed by atoms with Crippen LogP contribution in [0.2, 0.25) is 0 Å². The molecule has 0 saturated carbocycles. The first kappa shape index (κ1) is 34.4. The van der Waals surface area contributed by atoms with Gasteiger partial charge in [0.05, 0.1) is 36.7 Å². The first-order valence-electron chi connectivity index (χ1n) is 16.9. The Hall–Kier alpha value is -3.95. The number of nitrogens with zero attached hydrogens (tertiary/aromatic N) is 3. The maximum absolute atomic E-state index is 15.1. The average Bonchev–Trinajstić information content (AvgIpc) is 3.67. The van der Waals surface area contributed by atoms with Crippen LogP contribution in [0.1, 0.15) is 57.6 Å². The molecule has 9 nitrogen and oxygen atoms in total. The standard InChI is InChI=1S/C38H49N3O6/c1-8-22-39(28-16-18-29(19-17-28)46-12-5)34(43)30-31-35(44)41(27(10-3)24-42)33(38(31)21-20-37(30,11-4)47-38)36(45)40(23-9-2)32-25(6)14-13-15-26(32)7/h8-9,13-19,27,30-31,33,42H,1-2,10-12,20-24H2,3-7H3/t27-,30+,31-,33?,37-,38?/m0/s1. The smallest absolute Gasteiger partial charge is 0.253 e. The molecule has 0 aliphatic carbocycles. The Morgan fingerprint density at radius 1 is 1.02 bits per heavy atom. The zero-order chi connectivity index (χ0) is 34.1. The van der Waals surface area contributed by atoms with E-state index in [9.17, 15) is 14.7 Å². The van der Waals surface area contributed by atoms with Crippen molar-refractivity contribution < 1.29 is 29.0 Å². The summed E-state index contributed by atoms with van der Waals surface area (Å²) in [5.74, 6) is -1.87. The van der Waals surface area contributed by atoms with Crippen molar-refractivity contribution in [1.82, 2.24) is 4.90 Å². The molecule has 2 bridgehead atoms. The van der Waals surface area contributed by atoms with E-state index in [0.717, 1.165) is 16.8 Å². The molecule has 9 heteroatoms. The largest absolute Gasteiger partial charge is 0.494 e. The van der Waals surface area contributed by atoms with Gasteiger partial charge in [-0.15, -0.1) is 13.2 Å². The van der Waals surface area contributed by atoms with E-state index in [1.54, 1.807) is 26.9 Å². The highest BCUT2D eigenvalue weighted by Crippen LogP contribution is 2.65. The van der Waals surface area contributed by atoms with Crippen molar-refractivity contribution in [1.29, 1.82) is 0 Å². The molecule has 6 atom stereocenters. The number of hydrogen-bond acceptors (Lipinski definition) is 6. The molecule has 0 radical (unpaired) electrons. The third-order valence-corrected chi connectivity index (χ3v) is 10.5. The van der Waals surface area contributed by atoms with Crippen molar-refractivity contribution in [2.24, 2.45) is 11.8 Å². The number of carbonyl (C=O) groups is 3. The fourth-order valence-corrected chi connectivity index (χ4v) is 8.43. The second kappa shape index (κ2) is 13.6. The van der Waals surface area contributed by atoms with E-state index in [-0.39, 0.29) is 37.4 Å². The van der Waals surface area contributed by atoms with Gasteiger partial charge < -0.3 is 29.3 Å². The maximum Gasteiger partial charge on any atom is 0.253 e. The predicted octanol–water partition coefficient (Wildman–Crippen LogP) is 5.37. The number of carbonyl (C=O) groups excluding carboxylic acids is 3. The van der Waals surface area contributed by atoms with E-state index in [4.69, 9.17) is 9.47 Å². The SMILES string of the molecule is C=CCN(C(=O)[C@H]1[C@H]2C(=O)N([C@@H](CC)CO)C(C(=O)N(CC=C)c3c(C)cccc3C)C23CC[C@]1(CC)O3)c1ccc(OCC)cc1. The molecule has 3 saturated heterocycles. The topological polar surface area (TPSA) is 99.6 Å². The summed E-state index contributed by atoms with van der Waals surface area (Å²) in [6, 6.07) is 11.5. The van der Waals surface area contributed by atoms with Crippen LogP contribution in [0.5, 0.6) is 5.75 Å². The molecule has 1 spiro atoms. The molecule has 2 aromatic carbocycles. The normalized spacial score (nSPS) is 26.6. The van der Waals surface area contributed by atoms with Crippen molar-refractivity contribution in [2.75, 3.05) is 36.1 Å². The summed E-state index contributed by atoms with van der Waals surface area (Å²) >= 11 is 0. The van der Waals surface area contributed by atoms with Gasteiger partial charge in [-0.1, -0.05) is 44.2 Å². The average molecular weight is 644 g/mol. The van der Waals surface area contributed by atoms with Crippen molar-refractivity contribution >= 4 is 29.1 Å². The van der Waals surface area contributed by atoms with Crippen LogP contribution in [0.15, 0.2) is 67.8 Å². The van der Waals surface area contributed by atoms with Crippen LogP contribution >= 0.6 is 0 Å². The molecule has 3 fully saturated rings. The van der Waals surface area contributed by atoms with Gasteiger partial charge in [0.2, 0.25) is 11.8 Å². The molecule has 3 aliphatic rings. The lowest BCUT2D eigenvalue weighted by atomic mass is 9.64. The van der Waals surface area contributed by atoms with Crippen LogP contribution < -0.4 is 14.5 Å². The van der Waals surface area contributed by atoms with Crippen LogP contribution in [0, 0.1) is 25.7 Å². The van der Waals surface area contributed by atoms with Crippen LogP contribution in [0.25, 0.3) is 0 Å². The molecule has 47 heavy (non-hydrogen) atoms. The quantitative estimate of drug-likeness (QED) is 0.278. The molecule has 3 aliphatic heterocycles. The highest BCUT2D eigenvalue weighted by Gasteiger charge is 2.79. The van der Waals surface area contributed by atoms with Gasteiger partial charge in [-0.05, 0) is 81.8 Å². The van der Waals surface area contributed by atoms with E-state index >= 15 is 4.79 Å². The van der Waals surface area contributed by atoms with Crippen molar-refractivity contribution in [3.05, 3.63) is 78.9 Å². The zero-order valence-corrected chi connectivity index (χ0v) is 28.4. The number of anilines is 2. The number of rotatable bonds is 14. The van der Waals surface area contributed by atoms with E-state index in [2.05, 4.69) is 13.2 Å². The number of fused-ring (bicyclic) bond motifs is 1. The lowest BCUT2D eigenvalue weighted by Gasteiger charge is -2.40. The summed E-state index contributed by atoms with van der Waals surface area (Å²) in [5.41, 5.74) is 1.11. The molecular weight excluding hydrogens is 594 g/mol. The van der Waals surface area contributed by atoms with Crippen molar-refractivity contribution in [3.63, 3.8) is 0 Å². The van der Waals surface area contributed by atoms with Gasteiger partial charge in [0.15, 0.2) is 0 Å². The fraction of sp³-hybridized carbons (Fsp3) is 0.500. The van der Waals surface area contributed by atoms with Crippen LogP contribution in [0.4, 0.5) is 11.4 Å². The second-order valence-electron chi connectivity index (χ2n) is 13.0. The summed E-state index contributed by atoms with van der Waals surface area (Å²) < 4.78 is 12.7. The van der Waals surface area contributed by atoms with E-state index < -0.39 is 35.1 Å². The van der Waals surface area contributed by atoms with Crippen LogP contribution in [0.3, 0.4) is 0 Å². The number of ether oxygens (including phenoxy) is 2. The number of aryl methyl sites for hydroxylation is 2. The Balaban J connectivity index is 1.64. The molecule has 3 heterocycles. The van der Waals surface area contributed by atoms with Gasteiger partial charge in [-0.2, -0.15) is 0 Å². The highest BCUT2D eigenvalue weighted by atomic mass is 16.5. The Labute approximate surface area is 278 Å².